The van der Waals surface area contributed by atoms with Crippen LogP contribution in [0.3, 0.4) is 0 Å². The van der Waals surface area contributed by atoms with Crippen LogP contribution >= 0.6 is 0 Å². The van der Waals surface area contributed by atoms with E-state index in [-0.39, 0.29) is 12.2 Å². The van der Waals surface area contributed by atoms with Gasteiger partial charge in [-0.05, 0) is 23.6 Å². The summed E-state index contributed by atoms with van der Waals surface area (Å²) in [6, 6.07) is 14.9. The van der Waals surface area contributed by atoms with Crippen molar-refractivity contribution in [1.82, 2.24) is 0 Å². The summed E-state index contributed by atoms with van der Waals surface area (Å²) >= 11 is 0. The highest BCUT2D eigenvalue weighted by atomic mass is 32.2. The maximum atomic E-state index is 10.9. The zero-order chi connectivity index (χ0) is 13.9. The molecule has 0 aliphatic carbocycles. The van der Waals surface area contributed by atoms with Crippen LogP contribution in [0.2, 0.25) is 0 Å². The number of aryl methyl sites for hydroxylation is 1. The van der Waals surface area contributed by atoms with E-state index in [1.54, 1.807) is 6.07 Å². The molecule has 100 valence electrons. The lowest BCUT2D eigenvalue weighted by atomic mass is 9.97. The molecule has 5 heteroatoms. The molecule has 0 heterocycles. The highest BCUT2D eigenvalue weighted by Crippen LogP contribution is 2.28. The van der Waals surface area contributed by atoms with Gasteiger partial charge in [0, 0.05) is 11.3 Å². The second-order valence-electron chi connectivity index (χ2n) is 4.28. The van der Waals surface area contributed by atoms with Gasteiger partial charge in [0.2, 0.25) is 0 Å². The van der Waals surface area contributed by atoms with E-state index in [1.807, 2.05) is 42.5 Å². The Hall–Kier alpha value is -1.85. The third kappa shape index (κ3) is 3.56. The Morgan fingerprint density at radius 1 is 0.947 bits per heavy atom. The lowest BCUT2D eigenvalue weighted by Crippen LogP contribution is -2.07. The normalized spacial score (nSPS) is 11.4. The van der Waals surface area contributed by atoms with Gasteiger partial charge in [0.1, 0.15) is 0 Å². The highest BCUT2D eigenvalue weighted by molar-refractivity contribution is 7.85. The van der Waals surface area contributed by atoms with Crippen LogP contribution in [0.5, 0.6) is 0 Å². The smallest absolute Gasteiger partial charge is 0.265 e. The fourth-order valence-corrected chi connectivity index (χ4v) is 2.46. The summed E-state index contributed by atoms with van der Waals surface area (Å²) < 4.78 is 30.5. The number of benzene rings is 2. The fraction of sp³-hybridized carbons (Fsp3) is 0.143. The average Bonchev–Trinajstić information content (AvgIpc) is 2.37. The van der Waals surface area contributed by atoms with Crippen LogP contribution in [0.15, 0.2) is 48.5 Å². The molecule has 2 aromatic rings. The maximum absolute atomic E-state index is 10.9. The Morgan fingerprint density at radius 2 is 1.53 bits per heavy atom. The van der Waals surface area contributed by atoms with Crippen LogP contribution in [-0.2, 0) is 16.5 Å². The van der Waals surface area contributed by atoms with Crippen molar-refractivity contribution in [2.24, 2.45) is 0 Å². The summed E-state index contributed by atoms with van der Waals surface area (Å²) in [6.07, 6.45) is 0.253. The van der Waals surface area contributed by atoms with Gasteiger partial charge in [-0.25, -0.2) is 0 Å². The molecule has 0 aliphatic heterocycles. The minimum absolute atomic E-state index is 0.253. The lowest BCUT2D eigenvalue weighted by Gasteiger charge is -2.11. The lowest BCUT2D eigenvalue weighted by molar-refractivity contribution is 0.483. The summed E-state index contributed by atoms with van der Waals surface area (Å²) in [5, 5.41) is 0. The molecule has 3 N–H and O–H groups in total. The molecule has 0 unspecified atom stereocenters. The molecule has 4 nitrogen and oxygen atoms in total. The number of hydrogen-bond donors (Lipinski definition) is 2. The first kappa shape index (κ1) is 13.6. The van der Waals surface area contributed by atoms with Crippen LogP contribution in [0.1, 0.15) is 5.56 Å². The minimum atomic E-state index is -3.96. The molecular weight excluding hydrogens is 262 g/mol. The number of nitrogen functional groups attached to an aromatic ring is 1. The molecule has 0 saturated carbocycles. The van der Waals surface area contributed by atoms with E-state index in [1.165, 1.54) is 0 Å². The van der Waals surface area contributed by atoms with Gasteiger partial charge >= 0.3 is 0 Å². The molecule has 2 aromatic carbocycles. The predicted molar refractivity (Wildman–Crippen MR) is 76.4 cm³/mol. The molecule has 0 saturated heterocycles. The van der Waals surface area contributed by atoms with Crippen molar-refractivity contribution in [1.29, 1.82) is 0 Å². The Labute approximate surface area is 112 Å². The second kappa shape index (κ2) is 5.42. The van der Waals surface area contributed by atoms with Crippen molar-refractivity contribution in [2.45, 2.75) is 6.42 Å². The maximum Gasteiger partial charge on any atom is 0.265 e. The quantitative estimate of drug-likeness (QED) is 0.664. The Balaban J connectivity index is 2.39. The van der Waals surface area contributed by atoms with Gasteiger partial charge in [0.05, 0.1) is 5.75 Å². The summed E-state index contributed by atoms with van der Waals surface area (Å²) in [5.41, 5.74) is 9.18. The van der Waals surface area contributed by atoms with Gasteiger partial charge in [-0.2, -0.15) is 8.42 Å². The monoisotopic (exact) mass is 277 g/mol. The van der Waals surface area contributed by atoms with Crippen LogP contribution in [0.25, 0.3) is 11.1 Å². The Kier molecular flexibility index (Phi) is 3.87. The molecule has 0 radical (unpaired) electrons. The van der Waals surface area contributed by atoms with E-state index in [9.17, 15) is 8.42 Å². The summed E-state index contributed by atoms with van der Waals surface area (Å²) in [5.74, 6) is -0.295. The largest absolute Gasteiger partial charge is 0.398 e. The minimum Gasteiger partial charge on any atom is -0.398 e. The average molecular weight is 277 g/mol. The van der Waals surface area contributed by atoms with Crippen molar-refractivity contribution < 1.29 is 13.0 Å². The van der Waals surface area contributed by atoms with Gasteiger partial charge < -0.3 is 5.73 Å². The van der Waals surface area contributed by atoms with E-state index in [2.05, 4.69) is 0 Å². The summed E-state index contributed by atoms with van der Waals surface area (Å²) in [7, 11) is -3.96. The SMILES string of the molecule is Nc1ccccc1-c1ccccc1CCS(=O)(=O)O. The van der Waals surface area contributed by atoms with Crippen molar-refractivity contribution >= 4 is 15.8 Å². The number of nitrogens with two attached hydrogens (primary N) is 1. The molecule has 0 aliphatic rings. The van der Waals surface area contributed by atoms with Crippen molar-refractivity contribution in [3.63, 3.8) is 0 Å². The van der Waals surface area contributed by atoms with E-state index in [0.717, 1.165) is 16.7 Å². The predicted octanol–water partition coefficient (Wildman–Crippen LogP) is 2.37. The van der Waals surface area contributed by atoms with Gasteiger partial charge in [-0.1, -0.05) is 42.5 Å². The number of para-hydroxylation sites is 1. The summed E-state index contributed by atoms with van der Waals surface area (Å²) in [4.78, 5) is 0. The van der Waals surface area contributed by atoms with Crippen LogP contribution in [-0.4, -0.2) is 18.7 Å². The molecule has 0 amide bonds. The standard InChI is InChI=1S/C14H15NO3S/c15-14-8-4-3-7-13(14)12-6-2-1-5-11(12)9-10-19(16,17)18/h1-8H,9-10,15H2,(H,16,17,18). The van der Waals surface area contributed by atoms with E-state index < -0.39 is 10.1 Å². The van der Waals surface area contributed by atoms with E-state index >= 15 is 0 Å². The summed E-state index contributed by atoms with van der Waals surface area (Å²) in [6.45, 7) is 0. The first-order chi connectivity index (χ1) is 8.97. The Morgan fingerprint density at radius 3 is 2.16 bits per heavy atom. The fourth-order valence-electron chi connectivity index (χ4n) is 1.98. The molecule has 0 bridgehead atoms. The zero-order valence-corrected chi connectivity index (χ0v) is 11.1. The van der Waals surface area contributed by atoms with Crippen LogP contribution < -0.4 is 5.73 Å². The van der Waals surface area contributed by atoms with E-state index in [0.29, 0.717) is 5.69 Å². The van der Waals surface area contributed by atoms with Gasteiger partial charge in [-0.3, -0.25) is 4.55 Å². The zero-order valence-electron chi connectivity index (χ0n) is 10.3. The van der Waals surface area contributed by atoms with Gasteiger partial charge in [0.15, 0.2) is 0 Å². The number of hydrogen-bond acceptors (Lipinski definition) is 3. The third-order valence-electron chi connectivity index (χ3n) is 2.90. The van der Waals surface area contributed by atoms with Gasteiger partial charge in [-0.15, -0.1) is 0 Å². The molecule has 0 fully saturated rings. The van der Waals surface area contributed by atoms with Crippen LogP contribution in [0, 0.1) is 0 Å². The third-order valence-corrected chi connectivity index (χ3v) is 3.62. The second-order valence-corrected chi connectivity index (χ2v) is 5.85. The van der Waals surface area contributed by atoms with Crippen molar-refractivity contribution in [3.05, 3.63) is 54.1 Å². The molecule has 0 atom stereocenters. The molecule has 19 heavy (non-hydrogen) atoms. The van der Waals surface area contributed by atoms with Gasteiger partial charge in [0.25, 0.3) is 10.1 Å². The van der Waals surface area contributed by atoms with Crippen molar-refractivity contribution in [3.8, 4) is 11.1 Å². The van der Waals surface area contributed by atoms with Crippen molar-refractivity contribution in [2.75, 3.05) is 11.5 Å². The number of anilines is 1. The molecule has 0 aromatic heterocycles. The van der Waals surface area contributed by atoms with Crippen LogP contribution in [0.4, 0.5) is 5.69 Å². The number of rotatable bonds is 4. The van der Waals surface area contributed by atoms with E-state index in [4.69, 9.17) is 10.3 Å². The molecule has 0 spiro atoms. The topological polar surface area (TPSA) is 80.4 Å². The highest BCUT2D eigenvalue weighted by Gasteiger charge is 2.10. The first-order valence-corrected chi connectivity index (χ1v) is 7.46. The Bertz CT molecular complexity index is 681. The first-order valence-electron chi connectivity index (χ1n) is 5.85. The molecule has 2 rings (SSSR count). The molecular formula is C14H15NO3S.